The van der Waals surface area contributed by atoms with Crippen molar-refractivity contribution in [2.45, 2.75) is 88.9 Å². The van der Waals surface area contributed by atoms with Gasteiger partial charge in [0.05, 0.1) is 66.7 Å². The van der Waals surface area contributed by atoms with Crippen molar-refractivity contribution < 1.29 is 28.1 Å². The Morgan fingerprint density at radius 1 is 1.06 bits per heavy atom. The van der Waals surface area contributed by atoms with Gasteiger partial charge in [0.1, 0.15) is 22.4 Å². The van der Waals surface area contributed by atoms with Crippen LogP contribution in [-0.2, 0) is 22.7 Å². The topological polar surface area (TPSA) is 146 Å². The number of halogens is 2. The Labute approximate surface area is 309 Å². The number of anilines is 2. The van der Waals surface area contributed by atoms with Crippen LogP contribution in [0.5, 0.6) is 6.01 Å². The van der Waals surface area contributed by atoms with Gasteiger partial charge in [0, 0.05) is 66.7 Å². The fraction of sp³-hybridized carbons (Fsp3) is 0.579. The first kappa shape index (κ1) is 33.8. The van der Waals surface area contributed by atoms with Gasteiger partial charge in [-0.1, -0.05) is 0 Å². The van der Waals surface area contributed by atoms with E-state index in [1.165, 1.54) is 0 Å². The van der Waals surface area contributed by atoms with E-state index in [4.69, 9.17) is 29.9 Å². The number of thiophene rings is 1. The molecule has 15 heteroatoms. The first-order valence-corrected chi connectivity index (χ1v) is 19.6. The summed E-state index contributed by atoms with van der Waals surface area (Å²) in [5, 5.41) is 21.2. The van der Waals surface area contributed by atoms with E-state index in [9.17, 15) is 10.4 Å². The Morgan fingerprint density at radius 2 is 1.77 bits per heavy atom. The number of nitrogens with zero attached hydrogens (tertiary/aromatic N) is 7. The molecule has 53 heavy (non-hydrogen) atoms. The highest BCUT2D eigenvalue weighted by Crippen LogP contribution is 2.50. The Morgan fingerprint density at radius 3 is 2.47 bits per heavy atom. The molecule has 0 spiro atoms. The summed E-state index contributed by atoms with van der Waals surface area (Å²) in [6, 6.07) is 3.32. The molecule has 1 aromatic carbocycles. The number of likely N-dealkylation sites (tertiary alicyclic amines) is 1. The Balaban J connectivity index is 1.10. The minimum absolute atomic E-state index is 0.0198. The normalized spacial score (nSPS) is 26.7. The molecule has 4 bridgehead atoms. The number of nitrogen functional groups attached to an aromatic ring is 1. The zero-order chi connectivity index (χ0) is 36.2. The molecule has 5 atom stereocenters. The monoisotopic (exact) mass is 744 g/mol. The fourth-order valence-electron chi connectivity index (χ4n) is 9.84. The maximum absolute atomic E-state index is 17.6. The number of piperazine rings is 1. The summed E-state index contributed by atoms with van der Waals surface area (Å²) in [5.41, 5.74) is 7.92. The van der Waals surface area contributed by atoms with E-state index in [2.05, 4.69) is 25.8 Å². The number of β-amino-alcohol motifs (C(OH)–C–C–N with tert-alkyl or cyclic N) is 1. The second-order valence-electron chi connectivity index (χ2n) is 16.0. The molecule has 4 unspecified atom stereocenters. The van der Waals surface area contributed by atoms with E-state index >= 15 is 8.78 Å². The largest absolute Gasteiger partial charge is 0.463 e. The molecule has 1 aliphatic carbocycles. The summed E-state index contributed by atoms with van der Waals surface area (Å²) in [7, 11) is 0. The van der Waals surface area contributed by atoms with Crippen molar-refractivity contribution in [2.75, 3.05) is 56.6 Å². The van der Waals surface area contributed by atoms with E-state index < -0.39 is 17.7 Å². The molecular weight excluding hydrogens is 703 g/mol. The molecule has 0 radical (unpaired) electrons. The third kappa shape index (κ3) is 5.47. The quantitative estimate of drug-likeness (QED) is 0.245. The summed E-state index contributed by atoms with van der Waals surface area (Å²) in [6.45, 7) is 7.12. The summed E-state index contributed by atoms with van der Waals surface area (Å²) in [4.78, 5) is 21.6. The van der Waals surface area contributed by atoms with E-state index in [1.54, 1.807) is 0 Å². The van der Waals surface area contributed by atoms with Gasteiger partial charge in [-0.3, -0.25) is 14.8 Å². The minimum Gasteiger partial charge on any atom is -0.463 e. The van der Waals surface area contributed by atoms with Crippen LogP contribution in [0.4, 0.5) is 19.6 Å². The van der Waals surface area contributed by atoms with Crippen molar-refractivity contribution in [1.82, 2.24) is 24.8 Å². The lowest BCUT2D eigenvalue weighted by atomic mass is 9.93. The summed E-state index contributed by atoms with van der Waals surface area (Å²) >= 11 is 0.952. The van der Waals surface area contributed by atoms with Gasteiger partial charge < -0.3 is 30.0 Å². The molecule has 12 nitrogen and oxygen atoms in total. The van der Waals surface area contributed by atoms with Crippen LogP contribution in [0.2, 0.25) is 0 Å². The number of nitrogens with two attached hydrogens (primary N) is 1. The zero-order valence-electron chi connectivity index (χ0n) is 29.6. The van der Waals surface area contributed by atoms with Crippen molar-refractivity contribution in [3.63, 3.8) is 0 Å². The Bertz CT molecular complexity index is 2160. The number of aliphatic hydroxyl groups is 1. The lowest BCUT2D eigenvalue weighted by Gasteiger charge is -2.42. The average Bonchev–Trinajstić information content (AvgIpc) is 3.30. The van der Waals surface area contributed by atoms with Gasteiger partial charge in [-0.05, 0) is 56.6 Å². The number of rotatable bonds is 9. The van der Waals surface area contributed by atoms with Gasteiger partial charge in [0.2, 0.25) is 0 Å². The maximum Gasteiger partial charge on any atom is 0.319 e. The Kier molecular flexibility index (Phi) is 8.05. The number of nitriles is 1. The van der Waals surface area contributed by atoms with Gasteiger partial charge in [0.15, 0.2) is 11.6 Å². The molecule has 3 N–H and O–H groups in total. The second kappa shape index (κ2) is 12.6. The summed E-state index contributed by atoms with van der Waals surface area (Å²) < 4.78 is 51.3. The molecule has 3 aromatic heterocycles. The number of aromatic nitrogens is 3. The van der Waals surface area contributed by atoms with Crippen molar-refractivity contribution in [1.29, 1.82) is 5.26 Å². The van der Waals surface area contributed by atoms with Gasteiger partial charge in [-0.15, -0.1) is 11.3 Å². The van der Waals surface area contributed by atoms with E-state index in [-0.39, 0.29) is 74.1 Å². The number of pyridine rings is 1. The highest BCUT2D eigenvalue weighted by atomic mass is 32.1. The SMILES string of the molecule is C[C@@H](O)CN1CC2CCC(C1)N2c1nc(OCC2(CN3C4CCC3COC4)CC2)nc2c(F)c(-c3ncc(F)c4sc(N)c(C#N)c34)c3c(c12)COC3. The lowest BCUT2D eigenvalue weighted by molar-refractivity contribution is -0.0271. The van der Waals surface area contributed by atoms with Crippen molar-refractivity contribution in [3.05, 3.63) is 34.5 Å². The zero-order valence-corrected chi connectivity index (χ0v) is 30.4. The van der Waals surface area contributed by atoms with Crippen LogP contribution < -0.4 is 15.4 Å². The summed E-state index contributed by atoms with van der Waals surface area (Å²) in [6.07, 6.45) is 6.90. The smallest absolute Gasteiger partial charge is 0.319 e. The molecule has 0 amide bonds. The van der Waals surface area contributed by atoms with Crippen LogP contribution in [0.25, 0.3) is 32.2 Å². The highest BCUT2D eigenvalue weighted by molar-refractivity contribution is 7.23. The van der Waals surface area contributed by atoms with E-state index in [0.717, 1.165) is 94.5 Å². The number of fused-ring (bicyclic) bond motifs is 8. The third-order valence-electron chi connectivity index (χ3n) is 12.5. The highest BCUT2D eigenvalue weighted by Gasteiger charge is 2.50. The molecule has 1 saturated carbocycles. The molecule has 6 aliphatic rings. The number of ether oxygens (including phenoxy) is 3. The minimum atomic E-state index is -0.641. The molecule has 4 saturated heterocycles. The van der Waals surface area contributed by atoms with Crippen LogP contribution >= 0.6 is 11.3 Å². The van der Waals surface area contributed by atoms with Crippen molar-refractivity contribution in [3.8, 4) is 23.3 Å². The van der Waals surface area contributed by atoms with Crippen LogP contribution in [0.1, 0.15) is 62.1 Å². The van der Waals surface area contributed by atoms with Gasteiger partial charge in [0.25, 0.3) is 0 Å². The molecule has 8 heterocycles. The van der Waals surface area contributed by atoms with Crippen molar-refractivity contribution in [2.24, 2.45) is 5.41 Å². The van der Waals surface area contributed by atoms with Gasteiger partial charge >= 0.3 is 6.01 Å². The number of hydrogen-bond donors (Lipinski definition) is 2. The van der Waals surface area contributed by atoms with E-state index in [1.807, 2.05) is 6.92 Å². The number of morpholine rings is 1. The first-order valence-electron chi connectivity index (χ1n) is 18.8. The van der Waals surface area contributed by atoms with Gasteiger partial charge in [-0.25, -0.2) is 8.78 Å². The molecule has 278 valence electrons. The predicted molar refractivity (Wildman–Crippen MR) is 195 cm³/mol. The maximum atomic E-state index is 17.6. The molecule has 10 rings (SSSR count). The van der Waals surface area contributed by atoms with Crippen LogP contribution in [0, 0.1) is 28.4 Å². The molecule has 4 aromatic rings. The van der Waals surface area contributed by atoms with E-state index in [0.29, 0.717) is 42.0 Å². The van der Waals surface area contributed by atoms with Gasteiger partial charge in [-0.2, -0.15) is 15.2 Å². The average molecular weight is 745 g/mol. The number of hydrogen-bond acceptors (Lipinski definition) is 13. The third-order valence-corrected chi connectivity index (χ3v) is 13.5. The first-order chi connectivity index (χ1) is 25.7. The number of benzene rings is 1. The van der Waals surface area contributed by atoms with Crippen LogP contribution in [0.3, 0.4) is 0 Å². The van der Waals surface area contributed by atoms with Crippen LogP contribution in [0.15, 0.2) is 6.20 Å². The molecular formula is C38H42F2N8O4S. The Hall–Kier alpha value is -3.78. The molecule has 5 aliphatic heterocycles. The predicted octanol–water partition coefficient (Wildman–Crippen LogP) is 4.72. The summed E-state index contributed by atoms with van der Waals surface area (Å²) in [5.74, 6) is -0.634. The standard InChI is InChI=1S/C38H42F2N8O4S/c1-19(49)10-46-11-20-2-3-21(12-46)48(20)36-30-26-16-51-15-25(26)28(32-29-24(8-41)35(42)53-34(29)27(39)9-43-32)31(40)33(30)44-37(45-36)52-18-38(6-7-38)17-47-22-4-5-23(47)14-50-13-22/h9,19-23,49H,2-7,10-18,42H2,1H3/t19-,20?,21?,22?,23?/m1/s1. The number of aliphatic hydroxyl groups excluding tert-OH is 1. The van der Waals surface area contributed by atoms with Crippen molar-refractivity contribution >= 4 is 43.1 Å². The fourth-order valence-corrected chi connectivity index (χ4v) is 10.8. The lowest BCUT2D eigenvalue weighted by Crippen LogP contribution is -2.55. The molecule has 5 fully saturated rings. The van der Waals surface area contributed by atoms with Crippen LogP contribution in [-0.4, -0.2) is 106 Å². The second-order valence-corrected chi connectivity index (χ2v) is 17.1.